The van der Waals surface area contributed by atoms with Crippen molar-refractivity contribution in [3.63, 3.8) is 0 Å². The molecule has 0 radical (unpaired) electrons. The zero-order valence-electron chi connectivity index (χ0n) is 10.6. The highest BCUT2D eigenvalue weighted by Gasteiger charge is 2.17. The topological polar surface area (TPSA) is 12.0 Å². The molecule has 2 rings (SSSR count). The highest BCUT2D eigenvalue weighted by Crippen LogP contribution is 2.31. The molecule has 0 aliphatic rings. The first-order chi connectivity index (χ1) is 8.52. The quantitative estimate of drug-likeness (QED) is 0.876. The minimum atomic E-state index is -0.381. The lowest BCUT2D eigenvalue weighted by molar-refractivity contribution is 0.624. The maximum atomic E-state index is 13.2. The molecule has 0 aliphatic carbocycles. The Hall–Kier alpha value is -0.900. The molecule has 0 aliphatic heterocycles. The van der Waals surface area contributed by atoms with E-state index in [4.69, 9.17) is 11.6 Å². The number of hydrogen-bond donors (Lipinski definition) is 1. The minimum Gasteiger partial charge on any atom is -0.309 e. The molecule has 1 nitrogen and oxygen atoms in total. The molecule has 0 bridgehead atoms. The number of halogens is 2. The van der Waals surface area contributed by atoms with Gasteiger partial charge in [-0.25, -0.2) is 4.39 Å². The van der Waals surface area contributed by atoms with E-state index in [1.807, 2.05) is 7.05 Å². The molecule has 0 amide bonds. The molecule has 1 heterocycles. The molecule has 4 heteroatoms. The van der Waals surface area contributed by atoms with Gasteiger partial charge in [0, 0.05) is 9.75 Å². The lowest BCUT2D eigenvalue weighted by Crippen LogP contribution is -2.17. The van der Waals surface area contributed by atoms with Gasteiger partial charge < -0.3 is 5.32 Å². The van der Waals surface area contributed by atoms with Gasteiger partial charge in [0.1, 0.15) is 5.82 Å². The van der Waals surface area contributed by atoms with Gasteiger partial charge in [0.15, 0.2) is 0 Å². The van der Waals surface area contributed by atoms with Crippen LogP contribution < -0.4 is 5.32 Å². The zero-order valence-corrected chi connectivity index (χ0v) is 12.1. The average molecular weight is 284 g/mol. The van der Waals surface area contributed by atoms with Gasteiger partial charge in [0.2, 0.25) is 0 Å². The van der Waals surface area contributed by atoms with Gasteiger partial charge in [-0.05, 0) is 50.2 Å². The van der Waals surface area contributed by atoms with Crippen LogP contribution in [-0.2, 0) is 0 Å². The fraction of sp³-hybridized carbons (Fsp3) is 0.286. The van der Waals surface area contributed by atoms with E-state index in [2.05, 4.69) is 25.2 Å². The molecule has 96 valence electrons. The van der Waals surface area contributed by atoms with Crippen LogP contribution in [0.1, 0.15) is 26.9 Å². The molecule has 18 heavy (non-hydrogen) atoms. The van der Waals surface area contributed by atoms with Crippen molar-refractivity contribution in [2.45, 2.75) is 19.9 Å². The Morgan fingerprint density at radius 2 is 2.00 bits per heavy atom. The Balaban J connectivity index is 2.45. The molecule has 1 atom stereocenters. The summed E-state index contributed by atoms with van der Waals surface area (Å²) in [5.74, 6) is -0.381. The summed E-state index contributed by atoms with van der Waals surface area (Å²) in [7, 11) is 1.90. The number of benzene rings is 1. The van der Waals surface area contributed by atoms with E-state index in [1.165, 1.54) is 21.4 Å². The molecule has 0 saturated carbocycles. The SMILES string of the molecule is CNC(c1ccc(F)c(Cl)c1)c1cc(C)sc1C. The Labute approximate surface area is 116 Å². The monoisotopic (exact) mass is 283 g/mol. The molecule has 1 N–H and O–H groups in total. The minimum absolute atomic E-state index is 0.0491. The number of hydrogen-bond acceptors (Lipinski definition) is 2. The molecule has 1 aromatic carbocycles. The van der Waals surface area contributed by atoms with Crippen molar-refractivity contribution in [2.75, 3.05) is 7.05 Å². The number of thiophene rings is 1. The van der Waals surface area contributed by atoms with Crippen molar-refractivity contribution in [2.24, 2.45) is 0 Å². The Kier molecular flexibility index (Phi) is 4.05. The Bertz CT molecular complexity index is 565. The fourth-order valence-electron chi connectivity index (χ4n) is 2.13. The van der Waals surface area contributed by atoms with E-state index in [9.17, 15) is 4.39 Å². The van der Waals surface area contributed by atoms with Crippen molar-refractivity contribution < 1.29 is 4.39 Å². The lowest BCUT2D eigenvalue weighted by Gasteiger charge is -2.17. The smallest absolute Gasteiger partial charge is 0.141 e. The third kappa shape index (κ3) is 2.58. The number of rotatable bonds is 3. The second kappa shape index (κ2) is 5.39. The molecule has 0 saturated heterocycles. The van der Waals surface area contributed by atoms with E-state index in [-0.39, 0.29) is 16.9 Å². The summed E-state index contributed by atoms with van der Waals surface area (Å²) >= 11 is 7.62. The predicted molar refractivity (Wildman–Crippen MR) is 76.1 cm³/mol. The largest absolute Gasteiger partial charge is 0.309 e. The predicted octanol–water partition coefficient (Wildman–Crippen LogP) is 4.47. The highest BCUT2D eigenvalue weighted by atomic mass is 35.5. The van der Waals surface area contributed by atoms with Gasteiger partial charge in [-0.1, -0.05) is 17.7 Å². The highest BCUT2D eigenvalue weighted by molar-refractivity contribution is 7.12. The first kappa shape index (κ1) is 13.5. The first-order valence-corrected chi connectivity index (χ1v) is 6.91. The van der Waals surface area contributed by atoms with Crippen molar-refractivity contribution in [1.29, 1.82) is 0 Å². The van der Waals surface area contributed by atoms with Gasteiger partial charge in [-0.2, -0.15) is 0 Å². The molecule has 0 spiro atoms. The van der Waals surface area contributed by atoms with Crippen molar-refractivity contribution in [3.8, 4) is 0 Å². The maximum Gasteiger partial charge on any atom is 0.141 e. The van der Waals surface area contributed by atoms with E-state index < -0.39 is 0 Å². The third-order valence-corrected chi connectivity index (χ3v) is 4.23. The summed E-state index contributed by atoms with van der Waals surface area (Å²) in [6.07, 6.45) is 0. The summed E-state index contributed by atoms with van der Waals surface area (Å²) in [5.41, 5.74) is 2.20. The van der Waals surface area contributed by atoms with Crippen LogP contribution in [0.2, 0.25) is 5.02 Å². The third-order valence-electron chi connectivity index (χ3n) is 2.96. The molecule has 0 fully saturated rings. The van der Waals surface area contributed by atoms with Crippen molar-refractivity contribution >= 4 is 22.9 Å². The van der Waals surface area contributed by atoms with Crippen LogP contribution in [0.4, 0.5) is 4.39 Å². The molecule has 1 unspecified atom stereocenters. The summed E-state index contributed by atoms with van der Waals surface area (Å²) in [6, 6.07) is 7.09. The second-order valence-electron chi connectivity index (χ2n) is 4.26. The summed E-state index contributed by atoms with van der Waals surface area (Å²) in [5, 5.41) is 3.43. The van der Waals surface area contributed by atoms with Gasteiger partial charge in [-0.15, -0.1) is 11.3 Å². The maximum absolute atomic E-state index is 13.2. The molecule has 1 aromatic heterocycles. The summed E-state index contributed by atoms with van der Waals surface area (Å²) in [6.45, 7) is 4.19. The van der Waals surface area contributed by atoms with Crippen LogP contribution in [0.15, 0.2) is 24.3 Å². The molecular weight excluding hydrogens is 269 g/mol. The Morgan fingerprint density at radius 1 is 1.28 bits per heavy atom. The standard InChI is InChI=1S/C14H15ClFNS/c1-8-6-11(9(2)18-8)14(17-3)10-4-5-13(16)12(15)7-10/h4-7,14,17H,1-3H3. The second-order valence-corrected chi connectivity index (χ2v) is 6.13. The van der Waals surface area contributed by atoms with Crippen LogP contribution in [-0.4, -0.2) is 7.05 Å². The summed E-state index contributed by atoms with van der Waals surface area (Å²) < 4.78 is 13.2. The van der Waals surface area contributed by atoms with Crippen molar-refractivity contribution in [3.05, 3.63) is 56.0 Å². The van der Waals surface area contributed by atoms with E-state index in [0.29, 0.717) is 0 Å². The van der Waals surface area contributed by atoms with Gasteiger partial charge in [0.25, 0.3) is 0 Å². The molecular formula is C14H15ClFNS. The molecule has 2 aromatic rings. The van der Waals surface area contributed by atoms with Crippen molar-refractivity contribution in [1.82, 2.24) is 5.32 Å². The lowest BCUT2D eigenvalue weighted by atomic mass is 9.99. The summed E-state index contributed by atoms with van der Waals surface area (Å²) in [4.78, 5) is 2.54. The van der Waals surface area contributed by atoms with E-state index in [1.54, 1.807) is 23.5 Å². The van der Waals surface area contributed by atoms with Crippen LogP contribution in [0.25, 0.3) is 0 Å². The Morgan fingerprint density at radius 3 is 2.50 bits per heavy atom. The van der Waals surface area contributed by atoms with E-state index >= 15 is 0 Å². The first-order valence-electron chi connectivity index (χ1n) is 5.72. The van der Waals surface area contributed by atoms with Gasteiger partial charge >= 0.3 is 0 Å². The van der Waals surface area contributed by atoms with Crippen LogP contribution in [0, 0.1) is 19.7 Å². The normalized spacial score (nSPS) is 12.7. The van der Waals surface area contributed by atoms with Gasteiger partial charge in [-0.3, -0.25) is 0 Å². The fourth-order valence-corrected chi connectivity index (χ4v) is 3.28. The average Bonchev–Trinajstić information content (AvgIpc) is 2.64. The van der Waals surface area contributed by atoms with Crippen LogP contribution >= 0.6 is 22.9 Å². The van der Waals surface area contributed by atoms with Crippen LogP contribution in [0.5, 0.6) is 0 Å². The zero-order chi connectivity index (χ0) is 13.3. The van der Waals surface area contributed by atoms with Crippen LogP contribution in [0.3, 0.4) is 0 Å². The van der Waals surface area contributed by atoms with Gasteiger partial charge in [0.05, 0.1) is 11.1 Å². The van der Waals surface area contributed by atoms with E-state index in [0.717, 1.165) is 5.56 Å². The number of aryl methyl sites for hydroxylation is 2. The number of nitrogens with one attached hydrogen (secondary N) is 1.